The first kappa shape index (κ1) is 11.5. The number of hydrogen-bond donors (Lipinski definition) is 2. The molecule has 0 amide bonds. The number of aromatic amines is 1. The molecule has 5 heteroatoms. The number of nitrogen functional groups attached to an aromatic ring is 1. The Labute approximate surface area is 109 Å². The van der Waals surface area contributed by atoms with Gasteiger partial charge in [-0.2, -0.15) is 0 Å². The summed E-state index contributed by atoms with van der Waals surface area (Å²) in [4.78, 5) is 19.3. The number of aryl methyl sites for hydroxylation is 2. The van der Waals surface area contributed by atoms with Crippen LogP contribution in [0.1, 0.15) is 5.56 Å². The largest absolute Gasteiger partial charge is 0.385 e. The molecule has 0 aliphatic heterocycles. The molecule has 2 heterocycles. The van der Waals surface area contributed by atoms with Crippen molar-refractivity contribution in [1.29, 1.82) is 0 Å². The molecule has 3 N–H and O–H groups in total. The van der Waals surface area contributed by atoms with Crippen LogP contribution in [0.4, 0.5) is 5.82 Å². The van der Waals surface area contributed by atoms with Crippen LogP contribution in [-0.4, -0.2) is 14.5 Å². The van der Waals surface area contributed by atoms with Gasteiger partial charge in [0.15, 0.2) is 0 Å². The molecule has 0 spiro atoms. The number of fused-ring (bicyclic) bond motifs is 1. The van der Waals surface area contributed by atoms with Crippen LogP contribution in [0.2, 0.25) is 0 Å². The van der Waals surface area contributed by atoms with Crippen LogP contribution in [0.15, 0.2) is 47.5 Å². The molecule has 0 saturated heterocycles. The summed E-state index contributed by atoms with van der Waals surface area (Å²) in [6, 6.07) is 11.7. The lowest BCUT2D eigenvalue weighted by Gasteiger charge is -2.05. The smallest absolute Gasteiger partial charge is 0.262 e. The number of benzene rings is 1. The fourth-order valence-electron chi connectivity index (χ4n) is 2.12. The number of nitrogens with zero attached hydrogens (tertiary/aromatic N) is 2. The lowest BCUT2D eigenvalue weighted by atomic mass is 10.1. The Bertz CT molecular complexity index is 758. The summed E-state index contributed by atoms with van der Waals surface area (Å²) < 4.78 is 1.61. The van der Waals surface area contributed by atoms with Gasteiger partial charge in [-0.25, -0.2) is 4.98 Å². The average Bonchev–Trinajstić information content (AvgIpc) is 2.81. The molecule has 3 rings (SSSR count). The van der Waals surface area contributed by atoms with Crippen LogP contribution >= 0.6 is 0 Å². The second-order valence-corrected chi connectivity index (χ2v) is 4.47. The Hall–Kier alpha value is -2.56. The van der Waals surface area contributed by atoms with Gasteiger partial charge >= 0.3 is 0 Å². The van der Waals surface area contributed by atoms with Crippen molar-refractivity contribution in [3.63, 3.8) is 0 Å². The van der Waals surface area contributed by atoms with Crippen molar-refractivity contribution in [3.05, 3.63) is 58.6 Å². The zero-order valence-electron chi connectivity index (χ0n) is 10.3. The molecule has 0 unspecified atom stereocenters. The molecule has 0 aliphatic carbocycles. The van der Waals surface area contributed by atoms with Gasteiger partial charge in [0.25, 0.3) is 5.56 Å². The Balaban J connectivity index is 1.89. The molecule has 96 valence electrons. The van der Waals surface area contributed by atoms with E-state index in [4.69, 9.17) is 5.73 Å². The maximum Gasteiger partial charge on any atom is 0.262 e. The highest BCUT2D eigenvalue weighted by Crippen LogP contribution is 2.09. The van der Waals surface area contributed by atoms with Gasteiger partial charge in [0, 0.05) is 6.54 Å². The van der Waals surface area contributed by atoms with Crippen LogP contribution in [0.5, 0.6) is 0 Å². The van der Waals surface area contributed by atoms with E-state index >= 15 is 0 Å². The SMILES string of the molecule is Nc1cc2c(=O)n(CCc3ccccc3)cnc2[nH]1. The second kappa shape index (κ2) is 4.61. The molecule has 0 aliphatic rings. The Morgan fingerprint density at radius 1 is 1.26 bits per heavy atom. The quantitative estimate of drug-likeness (QED) is 0.744. The molecule has 0 bridgehead atoms. The van der Waals surface area contributed by atoms with Crippen LogP contribution in [0.3, 0.4) is 0 Å². The predicted molar refractivity (Wildman–Crippen MR) is 74.9 cm³/mol. The average molecular weight is 254 g/mol. The Morgan fingerprint density at radius 2 is 2.05 bits per heavy atom. The fraction of sp³-hybridized carbons (Fsp3) is 0.143. The van der Waals surface area contributed by atoms with E-state index in [-0.39, 0.29) is 5.56 Å². The van der Waals surface area contributed by atoms with Crippen LogP contribution in [0.25, 0.3) is 11.0 Å². The van der Waals surface area contributed by atoms with Crippen molar-refractivity contribution in [3.8, 4) is 0 Å². The second-order valence-electron chi connectivity index (χ2n) is 4.47. The van der Waals surface area contributed by atoms with Gasteiger partial charge in [0.2, 0.25) is 0 Å². The topological polar surface area (TPSA) is 76.7 Å². The Kier molecular flexibility index (Phi) is 2.79. The van der Waals surface area contributed by atoms with Gasteiger partial charge < -0.3 is 10.7 Å². The third kappa shape index (κ3) is 2.22. The van der Waals surface area contributed by atoms with Crippen molar-refractivity contribution >= 4 is 16.9 Å². The van der Waals surface area contributed by atoms with Gasteiger partial charge in [0.1, 0.15) is 11.5 Å². The third-order valence-electron chi connectivity index (χ3n) is 3.12. The number of H-pyrrole nitrogens is 1. The molecule has 0 atom stereocenters. The number of hydrogen-bond acceptors (Lipinski definition) is 3. The van der Waals surface area contributed by atoms with Crippen molar-refractivity contribution in [2.24, 2.45) is 0 Å². The summed E-state index contributed by atoms with van der Waals surface area (Å²) in [6.45, 7) is 0.608. The van der Waals surface area contributed by atoms with E-state index in [9.17, 15) is 4.79 Å². The highest BCUT2D eigenvalue weighted by molar-refractivity contribution is 5.78. The molecule has 0 fully saturated rings. The van der Waals surface area contributed by atoms with Gasteiger partial charge in [-0.3, -0.25) is 9.36 Å². The Morgan fingerprint density at radius 3 is 2.84 bits per heavy atom. The molecule has 1 aromatic carbocycles. The highest BCUT2D eigenvalue weighted by atomic mass is 16.1. The highest BCUT2D eigenvalue weighted by Gasteiger charge is 2.06. The standard InChI is InChI=1S/C14H14N4O/c15-12-8-11-13(17-12)16-9-18(14(11)19)7-6-10-4-2-1-3-5-10/h1-5,8-9,17H,6-7,15H2. The zero-order valence-corrected chi connectivity index (χ0v) is 10.3. The third-order valence-corrected chi connectivity index (χ3v) is 3.12. The molecule has 3 aromatic rings. The monoisotopic (exact) mass is 254 g/mol. The summed E-state index contributed by atoms with van der Waals surface area (Å²) in [7, 11) is 0. The molecule has 19 heavy (non-hydrogen) atoms. The van der Waals surface area contributed by atoms with Crippen molar-refractivity contribution < 1.29 is 0 Å². The fourth-order valence-corrected chi connectivity index (χ4v) is 2.12. The normalized spacial score (nSPS) is 10.9. The molecule has 2 aromatic heterocycles. The number of aromatic nitrogens is 3. The molecule has 0 saturated carbocycles. The van der Waals surface area contributed by atoms with E-state index in [0.29, 0.717) is 23.4 Å². The minimum absolute atomic E-state index is 0.0612. The van der Waals surface area contributed by atoms with Gasteiger partial charge in [0.05, 0.1) is 11.7 Å². The number of rotatable bonds is 3. The van der Waals surface area contributed by atoms with Gasteiger partial charge in [-0.15, -0.1) is 0 Å². The molecular formula is C14H14N4O. The lowest BCUT2D eigenvalue weighted by Crippen LogP contribution is -2.21. The minimum Gasteiger partial charge on any atom is -0.385 e. The first-order valence-corrected chi connectivity index (χ1v) is 6.11. The number of nitrogens with two attached hydrogens (primary N) is 1. The van der Waals surface area contributed by atoms with Crippen molar-refractivity contribution in [2.75, 3.05) is 5.73 Å². The van der Waals surface area contributed by atoms with Gasteiger partial charge in [-0.05, 0) is 18.1 Å². The van der Waals surface area contributed by atoms with E-state index < -0.39 is 0 Å². The number of nitrogens with one attached hydrogen (secondary N) is 1. The van der Waals surface area contributed by atoms with Crippen molar-refractivity contribution in [1.82, 2.24) is 14.5 Å². The molecule has 0 radical (unpaired) electrons. The maximum absolute atomic E-state index is 12.2. The first-order valence-electron chi connectivity index (χ1n) is 6.11. The van der Waals surface area contributed by atoms with E-state index in [0.717, 1.165) is 6.42 Å². The van der Waals surface area contributed by atoms with Gasteiger partial charge in [-0.1, -0.05) is 30.3 Å². The van der Waals surface area contributed by atoms with Crippen LogP contribution in [-0.2, 0) is 13.0 Å². The van der Waals surface area contributed by atoms with E-state index in [1.807, 2.05) is 30.3 Å². The van der Waals surface area contributed by atoms with Crippen LogP contribution in [0, 0.1) is 0 Å². The maximum atomic E-state index is 12.2. The van der Waals surface area contributed by atoms with Crippen LogP contribution < -0.4 is 11.3 Å². The summed E-state index contributed by atoms with van der Waals surface area (Å²) in [5, 5.41) is 0.535. The number of anilines is 1. The lowest BCUT2D eigenvalue weighted by molar-refractivity contribution is 0.662. The minimum atomic E-state index is -0.0612. The predicted octanol–water partition coefficient (Wildman–Crippen LogP) is 1.55. The molecular weight excluding hydrogens is 240 g/mol. The van der Waals surface area contributed by atoms with E-state index in [1.54, 1.807) is 17.0 Å². The first-order chi connectivity index (χ1) is 9.24. The summed E-state index contributed by atoms with van der Waals surface area (Å²) in [5.74, 6) is 0.459. The summed E-state index contributed by atoms with van der Waals surface area (Å²) in [6.07, 6.45) is 2.36. The zero-order chi connectivity index (χ0) is 13.2. The summed E-state index contributed by atoms with van der Waals surface area (Å²) >= 11 is 0. The summed E-state index contributed by atoms with van der Waals surface area (Å²) in [5.41, 5.74) is 7.31. The molecule has 5 nitrogen and oxygen atoms in total. The van der Waals surface area contributed by atoms with Crippen molar-refractivity contribution in [2.45, 2.75) is 13.0 Å². The van der Waals surface area contributed by atoms with E-state index in [1.165, 1.54) is 5.56 Å². The van der Waals surface area contributed by atoms with E-state index in [2.05, 4.69) is 9.97 Å².